The smallest absolute Gasteiger partial charge is 0.0961 e. The normalized spacial score (nSPS) is 10.8. The van der Waals surface area contributed by atoms with Gasteiger partial charge in [0.25, 0.3) is 0 Å². The topological polar surface area (TPSA) is 38.7 Å². The molecule has 0 aliphatic carbocycles. The molecule has 2 aromatic heterocycles. The van der Waals surface area contributed by atoms with Crippen molar-refractivity contribution in [2.75, 3.05) is 0 Å². The number of aryl methyl sites for hydroxylation is 1. The third kappa shape index (κ3) is 1.74. The molecule has 3 rings (SSSR count). The highest BCUT2D eigenvalue weighted by molar-refractivity contribution is 5.84. The summed E-state index contributed by atoms with van der Waals surface area (Å²) in [5, 5.41) is 9.40. The number of rotatable bonds is 1. The molecule has 3 aromatic rings. The van der Waals surface area contributed by atoms with Crippen LogP contribution in [0.25, 0.3) is 22.2 Å². The van der Waals surface area contributed by atoms with Gasteiger partial charge in [0, 0.05) is 17.1 Å². The Kier molecular flexibility index (Phi) is 2.52. The first kappa shape index (κ1) is 10.8. The van der Waals surface area contributed by atoms with Crippen molar-refractivity contribution in [3.63, 3.8) is 0 Å². The van der Waals surface area contributed by atoms with Gasteiger partial charge in [-0.15, -0.1) is 0 Å². The second-order valence-electron chi connectivity index (χ2n) is 4.41. The molecule has 0 amide bonds. The first-order valence-electron chi connectivity index (χ1n) is 5.90. The molecule has 3 heteroatoms. The van der Waals surface area contributed by atoms with Crippen molar-refractivity contribution in [1.29, 1.82) is 0 Å². The zero-order chi connectivity index (χ0) is 12.5. The molecular formula is C15H13N3. The monoisotopic (exact) mass is 235 g/mol. The maximum Gasteiger partial charge on any atom is 0.0961 e. The molecule has 18 heavy (non-hydrogen) atoms. The van der Waals surface area contributed by atoms with Crippen LogP contribution in [0.2, 0.25) is 0 Å². The van der Waals surface area contributed by atoms with E-state index in [0.717, 1.165) is 27.7 Å². The number of aromatic nitrogens is 3. The minimum Gasteiger partial charge on any atom is -0.256 e. The van der Waals surface area contributed by atoms with Crippen molar-refractivity contribution < 1.29 is 0 Å². The van der Waals surface area contributed by atoms with Crippen molar-refractivity contribution in [3.05, 3.63) is 53.9 Å². The average Bonchev–Trinajstić information content (AvgIpc) is 2.41. The van der Waals surface area contributed by atoms with Crippen LogP contribution in [-0.2, 0) is 0 Å². The van der Waals surface area contributed by atoms with Gasteiger partial charge in [-0.3, -0.25) is 4.98 Å². The largest absolute Gasteiger partial charge is 0.256 e. The van der Waals surface area contributed by atoms with E-state index in [-0.39, 0.29) is 0 Å². The Hall–Kier alpha value is -2.29. The molecule has 0 atom stereocenters. The lowest BCUT2D eigenvalue weighted by Crippen LogP contribution is -1.94. The quantitative estimate of drug-likeness (QED) is 0.649. The summed E-state index contributed by atoms with van der Waals surface area (Å²) < 4.78 is 0. The predicted molar refractivity (Wildman–Crippen MR) is 72.2 cm³/mol. The summed E-state index contributed by atoms with van der Waals surface area (Å²) >= 11 is 0. The summed E-state index contributed by atoms with van der Waals surface area (Å²) in [4.78, 5) is 4.32. The number of benzene rings is 1. The number of pyridine rings is 1. The van der Waals surface area contributed by atoms with Gasteiger partial charge in [-0.2, -0.15) is 10.2 Å². The highest BCUT2D eigenvalue weighted by atomic mass is 15.1. The Morgan fingerprint density at radius 1 is 1.06 bits per heavy atom. The molecule has 0 unspecified atom stereocenters. The molecule has 0 spiro atoms. The fourth-order valence-corrected chi connectivity index (χ4v) is 2.03. The Labute approximate surface area is 106 Å². The molecule has 3 nitrogen and oxygen atoms in total. The van der Waals surface area contributed by atoms with Gasteiger partial charge in [-0.25, -0.2) is 0 Å². The predicted octanol–water partition coefficient (Wildman–Crippen LogP) is 3.31. The van der Waals surface area contributed by atoms with Crippen LogP contribution in [0.1, 0.15) is 11.1 Å². The van der Waals surface area contributed by atoms with Crippen LogP contribution in [-0.4, -0.2) is 15.2 Å². The second kappa shape index (κ2) is 4.18. The number of fused-ring (bicyclic) bond motifs is 1. The molecule has 0 bridgehead atoms. The number of hydrogen-bond donors (Lipinski definition) is 0. The van der Waals surface area contributed by atoms with Gasteiger partial charge in [-0.1, -0.05) is 12.1 Å². The second-order valence-corrected chi connectivity index (χ2v) is 4.41. The molecule has 2 heterocycles. The van der Waals surface area contributed by atoms with Crippen LogP contribution in [0.5, 0.6) is 0 Å². The lowest BCUT2D eigenvalue weighted by molar-refractivity contribution is 1.00. The van der Waals surface area contributed by atoms with Crippen LogP contribution in [0.15, 0.2) is 42.7 Å². The molecular weight excluding hydrogens is 222 g/mol. The lowest BCUT2D eigenvalue weighted by atomic mass is 10.0. The zero-order valence-corrected chi connectivity index (χ0v) is 10.4. The van der Waals surface area contributed by atoms with Crippen LogP contribution >= 0.6 is 0 Å². The van der Waals surface area contributed by atoms with Crippen LogP contribution in [0.3, 0.4) is 0 Å². The highest BCUT2D eigenvalue weighted by Crippen LogP contribution is 2.25. The highest BCUT2D eigenvalue weighted by Gasteiger charge is 2.07. The minimum absolute atomic E-state index is 0.945. The van der Waals surface area contributed by atoms with E-state index in [1.807, 2.05) is 18.2 Å². The Balaban J connectivity index is 2.22. The summed E-state index contributed by atoms with van der Waals surface area (Å²) in [5.74, 6) is 0. The molecule has 0 fully saturated rings. The Morgan fingerprint density at radius 3 is 2.83 bits per heavy atom. The third-order valence-electron chi connectivity index (χ3n) is 3.23. The van der Waals surface area contributed by atoms with E-state index in [1.165, 1.54) is 5.56 Å². The van der Waals surface area contributed by atoms with Crippen molar-refractivity contribution in [2.45, 2.75) is 13.8 Å². The first-order valence-corrected chi connectivity index (χ1v) is 5.90. The van der Waals surface area contributed by atoms with Gasteiger partial charge in [0.15, 0.2) is 0 Å². The van der Waals surface area contributed by atoms with Crippen molar-refractivity contribution in [1.82, 2.24) is 15.2 Å². The SMILES string of the molecule is Cc1cnnc(-c2ccc3ncccc3c2)c1C. The fraction of sp³-hybridized carbons (Fsp3) is 0.133. The van der Waals surface area contributed by atoms with E-state index in [0.29, 0.717) is 0 Å². The fourth-order valence-electron chi connectivity index (χ4n) is 2.03. The standard InChI is InChI=1S/C15H13N3/c1-10-9-17-18-15(11(10)2)13-5-6-14-12(8-13)4-3-7-16-14/h3-9H,1-2H3. The first-order chi connectivity index (χ1) is 8.75. The van der Waals surface area contributed by atoms with Crippen molar-refractivity contribution in [3.8, 4) is 11.3 Å². The van der Waals surface area contributed by atoms with E-state index >= 15 is 0 Å². The summed E-state index contributed by atoms with van der Waals surface area (Å²) in [7, 11) is 0. The maximum absolute atomic E-state index is 4.32. The molecule has 0 saturated carbocycles. The third-order valence-corrected chi connectivity index (χ3v) is 3.23. The summed E-state index contributed by atoms with van der Waals surface area (Å²) in [5.41, 5.74) is 5.36. The van der Waals surface area contributed by atoms with E-state index in [2.05, 4.69) is 41.2 Å². The van der Waals surface area contributed by atoms with Crippen molar-refractivity contribution in [2.24, 2.45) is 0 Å². The molecule has 0 aliphatic heterocycles. The Bertz CT molecular complexity index is 720. The minimum atomic E-state index is 0.945. The van der Waals surface area contributed by atoms with E-state index < -0.39 is 0 Å². The lowest BCUT2D eigenvalue weighted by Gasteiger charge is -2.07. The van der Waals surface area contributed by atoms with E-state index in [4.69, 9.17) is 0 Å². The van der Waals surface area contributed by atoms with Crippen LogP contribution in [0.4, 0.5) is 0 Å². The van der Waals surface area contributed by atoms with Gasteiger partial charge < -0.3 is 0 Å². The van der Waals surface area contributed by atoms with Gasteiger partial charge in [-0.05, 0) is 43.2 Å². The molecule has 0 N–H and O–H groups in total. The van der Waals surface area contributed by atoms with Gasteiger partial charge in [0.05, 0.1) is 17.4 Å². The van der Waals surface area contributed by atoms with Gasteiger partial charge in [0.1, 0.15) is 0 Å². The average molecular weight is 235 g/mol. The molecule has 1 aromatic carbocycles. The number of hydrogen-bond acceptors (Lipinski definition) is 3. The molecule has 0 aliphatic rings. The van der Waals surface area contributed by atoms with Gasteiger partial charge >= 0.3 is 0 Å². The maximum atomic E-state index is 4.32. The molecule has 0 saturated heterocycles. The van der Waals surface area contributed by atoms with Crippen LogP contribution in [0, 0.1) is 13.8 Å². The summed E-state index contributed by atoms with van der Waals surface area (Å²) in [6, 6.07) is 10.2. The number of nitrogens with zero attached hydrogens (tertiary/aromatic N) is 3. The molecule has 0 radical (unpaired) electrons. The summed E-state index contributed by atoms with van der Waals surface area (Å²) in [6.45, 7) is 4.13. The van der Waals surface area contributed by atoms with E-state index in [9.17, 15) is 0 Å². The zero-order valence-electron chi connectivity index (χ0n) is 10.4. The van der Waals surface area contributed by atoms with Crippen LogP contribution < -0.4 is 0 Å². The van der Waals surface area contributed by atoms with Crippen molar-refractivity contribution >= 4 is 10.9 Å². The molecule has 88 valence electrons. The Morgan fingerprint density at radius 2 is 1.94 bits per heavy atom. The van der Waals surface area contributed by atoms with Gasteiger partial charge in [0.2, 0.25) is 0 Å². The summed E-state index contributed by atoms with van der Waals surface area (Å²) in [6.07, 6.45) is 3.60. The van der Waals surface area contributed by atoms with E-state index in [1.54, 1.807) is 12.4 Å².